The van der Waals surface area contributed by atoms with Crippen LogP contribution in [0, 0.1) is 0 Å². The Morgan fingerprint density at radius 2 is 2.15 bits per heavy atom. The topological polar surface area (TPSA) is 12.0 Å². The fourth-order valence-corrected chi connectivity index (χ4v) is 2.14. The van der Waals surface area contributed by atoms with Gasteiger partial charge in [0.05, 0.1) is 0 Å². The minimum atomic E-state index is 0.707. The van der Waals surface area contributed by atoms with Crippen molar-refractivity contribution in [1.29, 1.82) is 0 Å². The number of hydrogen-bond acceptors (Lipinski definition) is 2. The summed E-state index contributed by atoms with van der Waals surface area (Å²) >= 11 is 1.78. The van der Waals surface area contributed by atoms with Crippen molar-refractivity contribution < 1.29 is 0 Å². The molecule has 1 N–H and O–H groups in total. The molecule has 1 nitrogen and oxygen atoms in total. The zero-order chi connectivity index (χ0) is 9.52. The van der Waals surface area contributed by atoms with Crippen LogP contribution in [0.2, 0.25) is 0 Å². The van der Waals surface area contributed by atoms with Crippen molar-refractivity contribution in [2.45, 2.75) is 39.2 Å². The monoisotopic (exact) mass is 197 g/mol. The largest absolute Gasteiger partial charge is 0.314 e. The van der Waals surface area contributed by atoms with Gasteiger partial charge in [0.2, 0.25) is 0 Å². The van der Waals surface area contributed by atoms with Crippen LogP contribution in [0.5, 0.6) is 0 Å². The van der Waals surface area contributed by atoms with Gasteiger partial charge in [-0.1, -0.05) is 13.8 Å². The molecule has 0 spiro atoms. The maximum atomic E-state index is 3.56. The van der Waals surface area contributed by atoms with Crippen LogP contribution in [0.3, 0.4) is 0 Å². The molecule has 0 radical (unpaired) electrons. The van der Waals surface area contributed by atoms with Crippen molar-refractivity contribution in [2.24, 2.45) is 0 Å². The van der Waals surface area contributed by atoms with Gasteiger partial charge in [0, 0.05) is 6.04 Å². The zero-order valence-corrected chi connectivity index (χ0v) is 9.36. The Morgan fingerprint density at radius 3 is 2.69 bits per heavy atom. The molecule has 0 aliphatic carbocycles. The highest BCUT2D eigenvalue weighted by atomic mass is 32.1. The van der Waals surface area contributed by atoms with Gasteiger partial charge >= 0.3 is 0 Å². The van der Waals surface area contributed by atoms with E-state index < -0.39 is 0 Å². The van der Waals surface area contributed by atoms with Crippen LogP contribution < -0.4 is 5.32 Å². The van der Waals surface area contributed by atoms with E-state index in [0.717, 1.165) is 6.54 Å². The molecule has 13 heavy (non-hydrogen) atoms. The first-order valence-corrected chi connectivity index (χ1v) is 6.05. The Balaban J connectivity index is 2.13. The quantitative estimate of drug-likeness (QED) is 0.739. The lowest BCUT2D eigenvalue weighted by molar-refractivity contribution is 0.488. The van der Waals surface area contributed by atoms with Gasteiger partial charge in [0.15, 0.2) is 0 Å². The lowest BCUT2D eigenvalue weighted by Gasteiger charge is -2.13. The highest BCUT2D eigenvalue weighted by Crippen LogP contribution is 2.06. The molecule has 0 aliphatic heterocycles. The lowest BCUT2D eigenvalue weighted by Crippen LogP contribution is -2.29. The van der Waals surface area contributed by atoms with Crippen LogP contribution in [-0.4, -0.2) is 12.6 Å². The van der Waals surface area contributed by atoms with E-state index in [4.69, 9.17) is 0 Å². The molecule has 1 aromatic heterocycles. The molecule has 0 aliphatic rings. The minimum Gasteiger partial charge on any atom is -0.314 e. The van der Waals surface area contributed by atoms with E-state index in [1.54, 1.807) is 11.3 Å². The second-order valence-corrected chi connectivity index (χ2v) is 4.13. The average molecular weight is 197 g/mol. The molecule has 1 heterocycles. The minimum absolute atomic E-state index is 0.707. The number of nitrogens with one attached hydrogen (secondary N) is 1. The van der Waals surface area contributed by atoms with Gasteiger partial charge in [-0.05, 0) is 48.2 Å². The molecule has 0 aromatic carbocycles. The smallest absolute Gasteiger partial charge is 0.00619 e. The van der Waals surface area contributed by atoms with Gasteiger partial charge in [-0.2, -0.15) is 11.3 Å². The van der Waals surface area contributed by atoms with Gasteiger partial charge in [0.1, 0.15) is 0 Å². The van der Waals surface area contributed by atoms with E-state index in [2.05, 4.69) is 36.0 Å². The second-order valence-electron chi connectivity index (χ2n) is 3.35. The number of hydrogen-bond donors (Lipinski definition) is 1. The van der Waals surface area contributed by atoms with Gasteiger partial charge < -0.3 is 5.32 Å². The number of thiophene rings is 1. The highest BCUT2D eigenvalue weighted by molar-refractivity contribution is 7.07. The van der Waals surface area contributed by atoms with Crippen molar-refractivity contribution in [3.8, 4) is 0 Å². The molecule has 0 unspecified atom stereocenters. The summed E-state index contributed by atoms with van der Waals surface area (Å²) in [5.74, 6) is 0. The zero-order valence-electron chi connectivity index (χ0n) is 8.55. The molecule has 0 atom stereocenters. The fraction of sp³-hybridized carbons (Fsp3) is 0.636. The van der Waals surface area contributed by atoms with Crippen LogP contribution in [0.15, 0.2) is 16.8 Å². The van der Waals surface area contributed by atoms with Crippen LogP contribution >= 0.6 is 11.3 Å². The van der Waals surface area contributed by atoms with E-state index in [9.17, 15) is 0 Å². The maximum Gasteiger partial charge on any atom is 0.00619 e. The van der Waals surface area contributed by atoms with Crippen molar-refractivity contribution in [3.63, 3.8) is 0 Å². The summed E-state index contributed by atoms with van der Waals surface area (Å²) in [4.78, 5) is 0. The van der Waals surface area contributed by atoms with Crippen LogP contribution in [0.4, 0.5) is 0 Å². The van der Waals surface area contributed by atoms with Gasteiger partial charge in [0.25, 0.3) is 0 Å². The van der Waals surface area contributed by atoms with Gasteiger partial charge in [-0.3, -0.25) is 0 Å². The van der Waals surface area contributed by atoms with E-state index in [-0.39, 0.29) is 0 Å². The summed E-state index contributed by atoms with van der Waals surface area (Å²) in [5, 5.41) is 7.94. The van der Waals surface area contributed by atoms with Gasteiger partial charge in [-0.15, -0.1) is 0 Å². The third-order valence-electron chi connectivity index (χ3n) is 2.41. The highest BCUT2D eigenvalue weighted by Gasteiger charge is 2.01. The Morgan fingerprint density at radius 1 is 1.38 bits per heavy atom. The predicted molar refractivity (Wildman–Crippen MR) is 60.4 cm³/mol. The van der Waals surface area contributed by atoms with Crippen molar-refractivity contribution in [1.82, 2.24) is 5.32 Å². The van der Waals surface area contributed by atoms with Crippen molar-refractivity contribution in [3.05, 3.63) is 22.4 Å². The Hall–Kier alpha value is -0.340. The predicted octanol–water partition coefficient (Wildman–Crippen LogP) is 3.07. The summed E-state index contributed by atoms with van der Waals surface area (Å²) in [6, 6.07) is 2.91. The first-order valence-electron chi connectivity index (χ1n) is 5.11. The third-order valence-corrected chi connectivity index (χ3v) is 3.14. The van der Waals surface area contributed by atoms with Crippen molar-refractivity contribution in [2.75, 3.05) is 6.54 Å². The summed E-state index contributed by atoms with van der Waals surface area (Å²) in [6.45, 7) is 5.60. The Bertz CT molecular complexity index is 202. The second kappa shape index (κ2) is 6.17. The molecule has 2 heteroatoms. The molecule has 0 saturated heterocycles. The molecule has 0 saturated carbocycles. The average Bonchev–Trinajstić information content (AvgIpc) is 2.65. The summed E-state index contributed by atoms with van der Waals surface area (Å²) < 4.78 is 0. The Kier molecular flexibility index (Phi) is 5.09. The summed E-state index contributed by atoms with van der Waals surface area (Å²) in [6.07, 6.45) is 3.64. The summed E-state index contributed by atoms with van der Waals surface area (Å²) in [5.41, 5.74) is 1.46. The molecule has 0 fully saturated rings. The molecule has 1 rings (SSSR count). The molecule has 0 amide bonds. The van der Waals surface area contributed by atoms with Crippen LogP contribution in [0.1, 0.15) is 32.3 Å². The standard InChI is InChI=1S/C11H19NS/c1-3-11(4-2)12-7-5-10-6-8-13-9-10/h6,8-9,11-12H,3-5,7H2,1-2H3. The van der Waals surface area contributed by atoms with Crippen LogP contribution in [0.25, 0.3) is 0 Å². The van der Waals surface area contributed by atoms with Crippen molar-refractivity contribution >= 4 is 11.3 Å². The van der Waals surface area contributed by atoms with Crippen LogP contribution in [-0.2, 0) is 6.42 Å². The molecule has 0 bridgehead atoms. The molecule has 1 aromatic rings. The first-order chi connectivity index (χ1) is 6.36. The van der Waals surface area contributed by atoms with E-state index >= 15 is 0 Å². The number of rotatable bonds is 6. The van der Waals surface area contributed by atoms with E-state index in [0.29, 0.717) is 6.04 Å². The van der Waals surface area contributed by atoms with E-state index in [1.165, 1.54) is 24.8 Å². The maximum absolute atomic E-state index is 3.56. The molecular formula is C11H19NS. The first kappa shape index (κ1) is 10.7. The fourth-order valence-electron chi connectivity index (χ4n) is 1.43. The molecule has 74 valence electrons. The lowest BCUT2D eigenvalue weighted by atomic mass is 10.1. The third kappa shape index (κ3) is 3.92. The SMILES string of the molecule is CCC(CC)NCCc1ccsc1. The summed E-state index contributed by atoms with van der Waals surface area (Å²) in [7, 11) is 0. The normalized spacial score (nSPS) is 11.0. The molecular weight excluding hydrogens is 178 g/mol. The van der Waals surface area contributed by atoms with E-state index in [1.807, 2.05) is 0 Å². The van der Waals surface area contributed by atoms with Gasteiger partial charge in [-0.25, -0.2) is 0 Å². The Labute approximate surface area is 85.2 Å².